The Morgan fingerprint density at radius 3 is 2.70 bits per heavy atom. The highest BCUT2D eigenvalue weighted by atomic mass is 16.5. The fourth-order valence-corrected chi connectivity index (χ4v) is 2.53. The van der Waals surface area contributed by atoms with Gasteiger partial charge in [0.25, 0.3) is 0 Å². The molecule has 2 rings (SSSR count). The minimum Gasteiger partial charge on any atom is -0.493 e. The number of carboxylic acids is 1. The third-order valence-corrected chi connectivity index (χ3v) is 3.99. The maximum absolute atomic E-state index is 12.3. The van der Waals surface area contributed by atoms with E-state index in [1.807, 2.05) is 6.92 Å². The predicted octanol–water partition coefficient (Wildman–Crippen LogP) is 2.42. The zero-order valence-electron chi connectivity index (χ0n) is 13.6. The van der Waals surface area contributed by atoms with Crippen LogP contribution < -0.4 is 14.8 Å². The van der Waals surface area contributed by atoms with Gasteiger partial charge in [-0.2, -0.15) is 0 Å². The largest absolute Gasteiger partial charge is 0.493 e. The number of aliphatic carboxylic acids is 1. The summed E-state index contributed by atoms with van der Waals surface area (Å²) < 4.78 is 10.7. The number of nitrogens with one attached hydrogen (secondary N) is 1. The Bertz CT molecular complexity index is 604. The van der Waals surface area contributed by atoms with E-state index in [0.29, 0.717) is 36.8 Å². The van der Waals surface area contributed by atoms with Crippen molar-refractivity contribution in [2.45, 2.75) is 20.3 Å². The molecule has 1 aromatic rings. The van der Waals surface area contributed by atoms with Gasteiger partial charge in [0.1, 0.15) is 0 Å². The highest BCUT2D eigenvalue weighted by molar-refractivity contribution is 5.90. The zero-order chi connectivity index (χ0) is 17.0. The predicted molar refractivity (Wildman–Crippen MR) is 85.1 cm³/mol. The number of carbonyl (C=O) groups is 2. The number of amides is 2. The van der Waals surface area contributed by atoms with Crippen LogP contribution in [0, 0.1) is 5.41 Å². The minimum atomic E-state index is -0.881. The maximum atomic E-state index is 12.3. The average molecular weight is 322 g/mol. The molecule has 0 aliphatic carbocycles. The summed E-state index contributed by atoms with van der Waals surface area (Å²) in [6, 6.07) is 4.80. The molecule has 0 radical (unpaired) electrons. The number of carboxylic acid groups (broad SMARTS) is 1. The van der Waals surface area contributed by atoms with Gasteiger partial charge in [-0.25, -0.2) is 4.79 Å². The third-order valence-electron chi connectivity index (χ3n) is 3.99. The smallest absolute Gasteiger partial charge is 0.321 e. The molecule has 1 atom stereocenters. The number of benzene rings is 1. The molecule has 1 aromatic carbocycles. The molecule has 0 aromatic heterocycles. The molecule has 2 amide bonds. The second kappa shape index (κ2) is 6.76. The third kappa shape index (κ3) is 3.67. The second-order valence-electron chi connectivity index (χ2n) is 5.77. The van der Waals surface area contributed by atoms with Crippen LogP contribution in [0.2, 0.25) is 0 Å². The molecule has 7 heteroatoms. The van der Waals surface area contributed by atoms with Crippen molar-refractivity contribution in [1.82, 2.24) is 4.90 Å². The van der Waals surface area contributed by atoms with Crippen LogP contribution in [0.5, 0.6) is 11.5 Å². The molecule has 126 valence electrons. The fraction of sp³-hybridized carbons (Fsp3) is 0.500. The van der Waals surface area contributed by atoms with Crippen LogP contribution in [-0.4, -0.2) is 48.8 Å². The minimum absolute atomic E-state index is 0.197. The van der Waals surface area contributed by atoms with E-state index in [2.05, 4.69) is 5.32 Å². The van der Waals surface area contributed by atoms with Crippen molar-refractivity contribution in [3.05, 3.63) is 18.2 Å². The highest BCUT2D eigenvalue weighted by Gasteiger charge is 2.42. The first-order valence-electron chi connectivity index (χ1n) is 7.50. The lowest BCUT2D eigenvalue weighted by atomic mass is 9.90. The molecule has 0 saturated carbocycles. The van der Waals surface area contributed by atoms with Gasteiger partial charge in [0.05, 0.1) is 19.1 Å². The summed E-state index contributed by atoms with van der Waals surface area (Å²) in [6.07, 6.45) is 0.447. The Hall–Kier alpha value is -2.44. The summed E-state index contributed by atoms with van der Waals surface area (Å²) in [5.74, 6) is 0.254. The van der Waals surface area contributed by atoms with Gasteiger partial charge in [-0.05, 0) is 32.4 Å². The number of methoxy groups -OCH3 is 1. The van der Waals surface area contributed by atoms with Crippen molar-refractivity contribution in [3.63, 3.8) is 0 Å². The number of urea groups is 1. The lowest BCUT2D eigenvalue weighted by Crippen LogP contribution is -2.37. The topological polar surface area (TPSA) is 88.1 Å². The quantitative estimate of drug-likeness (QED) is 0.869. The van der Waals surface area contributed by atoms with Gasteiger partial charge < -0.3 is 24.8 Å². The van der Waals surface area contributed by atoms with Crippen molar-refractivity contribution in [2.75, 3.05) is 32.1 Å². The average Bonchev–Trinajstić information content (AvgIpc) is 2.93. The van der Waals surface area contributed by atoms with Crippen LogP contribution >= 0.6 is 0 Å². The number of likely N-dealkylation sites (tertiary alicyclic amines) is 1. The van der Waals surface area contributed by atoms with Crippen molar-refractivity contribution in [3.8, 4) is 11.5 Å². The summed E-state index contributed by atoms with van der Waals surface area (Å²) in [4.78, 5) is 25.0. The summed E-state index contributed by atoms with van der Waals surface area (Å²) in [5.41, 5.74) is -0.312. The lowest BCUT2D eigenvalue weighted by Gasteiger charge is -2.21. The second-order valence-corrected chi connectivity index (χ2v) is 5.77. The van der Waals surface area contributed by atoms with E-state index in [0.717, 1.165) is 0 Å². The number of nitrogens with zero attached hydrogens (tertiary/aromatic N) is 1. The first-order valence-corrected chi connectivity index (χ1v) is 7.50. The Balaban J connectivity index is 2.05. The SMILES string of the molecule is CCOc1ccc(NC(=O)N2CCC(C)(C(=O)O)C2)cc1OC. The summed E-state index contributed by atoms with van der Waals surface area (Å²) in [7, 11) is 1.53. The van der Waals surface area contributed by atoms with Gasteiger partial charge in [-0.15, -0.1) is 0 Å². The molecule has 0 spiro atoms. The lowest BCUT2D eigenvalue weighted by molar-refractivity contribution is -0.146. The Kier molecular flexibility index (Phi) is 4.98. The van der Waals surface area contributed by atoms with Crippen molar-refractivity contribution in [1.29, 1.82) is 0 Å². The van der Waals surface area contributed by atoms with Crippen LogP contribution in [0.3, 0.4) is 0 Å². The standard InChI is InChI=1S/C16H22N2O5/c1-4-23-12-6-5-11(9-13(12)22-3)17-15(21)18-8-7-16(2,10-18)14(19)20/h5-6,9H,4,7-8,10H2,1-3H3,(H,17,21)(H,19,20). The van der Waals surface area contributed by atoms with Gasteiger partial charge in [-0.1, -0.05) is 0 Å². The molecule has 1 fully saturated rings. The summed E-state index contributed by atoms with van der Waals surface area (Å²) >= 11 is 0. The first kappa shape index (κ1) is 16.9. The van der Waals surface area contributed by atoms with E-state index in [-0.39, 0.29) is 12.6 Å². The number of rotatable bonds is 5. The molecule has 23 heavy (non-hydrogen) atoms. The summed E-state index contributed by atoms with van der Waals surface area (Å²) in [6.45, 7) is 4.67. The van der Waals surface area contributed by atoms with Crippen LogP contribution in [0.4, 0.5) is 10.5 Å². The number of anilines is 1. The Labute approximate surface area is 135 Å². The van der Waals surface area contributed by atoms with Gasteiger partial charge in [0, 0.05) is 24.8 Å². The normalized spacial score (nSPS) is 20.2. The maximum Gasteiger partial charge on any atom is 0.321 e. The summed E-state index contributed by atoms with van der Waals surface area (Å²) in [5, 5.41) is 12.0. The molecule has 1 aliphatic rings. The number of ether oxygens (including phenoxy) is 2. The number of carbonyl (C=O) groups excluding carboxylic acids is 1. The molecule has 1 unspecified atom stereocenters. The van der Waals surface area contributed by atoms with Crippen molar-refractivity contribution in [2.24, 2.45) is 5.41 Å². The van der Waals surface area contributed by atoms with Crippen LogP contribution in [0.1, 0.15) is 20.3 Å². The van der Waals surface area contributed by atoms with E-state index >= 15 is 0 Å². The monoisotopic (exact) mass is 322 g/mol. The molecule has 7 nitrogen and oxygen atoms in total. The van der Waals surface area contributed by atoms with E-state index in [1.165, 1.54) is 12.0 Å². The van der Waals surface area contributed by atoms with Gasteiger partial charge in [0.15, 0.2) is 11.5 Å². The number of hydrogen-bond donors (Lipinski definition) is 2. The fourth-order valence-electron chi connectivity index (χ4n) is 2.53. The molecule has 1 saturated heterocycles. The Morgan fingerprint density at radius 2 is 2.13 bits per heavy atom. The molecule has 1 aliphatic heterocycles. The van der Waals surface area contributed by atoms with E-state index in [4.69, 9.17) is 9.47 Å². The van der Waals surface area contributed by atoms with Crippen LogP contribution in [0.15, 0.2) is 18.2 Å². The zero-order valence-corrected chi connectivity index (χ0v) is 13.6. The van der Waals surface area contributed by atoms with Gasteiger partial charge in [-0.3, -0.25) is 4.79 Å². The molecular formula is C16H22N2O5. The molecular weight excluding hydrogens is 300 g/mol. The number of hydrogen-bond acceptors (Lipinski definition) is 4. The van der Waals surface area contributed by atoms with E-state index < -0.39 is 11.4 Å². The van der Waals surface area contributed by atoms with Crippen molar-refractivity contribution < 1.29 is 24.2 Å². The molecule has 0 bridgehead atoms. The highest BCUT2D eigenvalue weighted by Crippen LogP contribution is 2.32. The van der Waals surface area contributed by atoms with Crippen LogP contribution in [0.25, 0.3) is 0 Å². The Morgan fingerprint density at radius 1 is 1.39 bits per heavy atom. The van der Waals surface area contributed by atoms with Gasteiger partial charge in [0.2, 0.25) is 0 Å². The van der Waals surface area contributed by atoms with Crippen LogP contribution in [-0.2, 0) is 4.79 Å². The molecule has 1 heterocycles. The van der Waals surface area contributed by atoms with Gasteiger partial charge >= 0.3 is 12.0 Å². The van der Waals surface area contributed by atoms with E-state index in [9.17, 15) is 14.7 Å². The molecule has 2 N–H and O–H groups in total. The van der Waals surface area contributed by atoms with Crippen molar-refractivity contribution >= 4 is 17.7 Å². The van der Waals surface area contributed by atoms with E-state index in [1.54, 1.807) is 25.1 Å². The first-order chi connectivity index (χ1) is 10.9.